The third-order valence-electron chi connectivity index (χ3n) is 1.38. The Morgan fingerprint density at radius 2 is 2.22 bits per heavy atom. The minimum Gasteiger partial charge on any atom is -0.465 e. The number of hydrogen-bond acceptors (Lipinski definition) is 2. The maximum absolute atomic E-state index is 5.09. The topological polar surface area (TPSA) is 26.3 Å². The zero-order chi connectivity index (χ0) is 6.27. The van der Waals surface area contributed by atoms with Crippen molar-refractivity contribution >= 4 is 11.0 Å². The van der Waals surface area contributed by atoms with E-state index in [9.17, 15) is 0 Å². The molecule has 9 heavy (non-hydrogen) atoms. The summed E-state index contributed by atoms with van der Waals surface area (Å²) in [5.74, 6) is 0.843. The molecule has 0 aliphatic heterocycles. The summed E-state index contributed by atoms with van der Waals surface area (Å²) in [7, 11) is 0. The molecule has 2 rings (SSSR count). The largest absolute Gasteiger partial charge is 0.465 e. The van der Waals surface area contributed by atoms with E-state index in [1.54, 1.807) is 12.5 Å². The third kappa shape index (κ3) is 0.499. The molecule has 46 valence electrons. The van der Waals surface area contributed by atoms with Crippen molar-refractivity contribution in [2.24, 2.45) is 0 Å². The fourth-order valence-electron chi connectivity index (χ4n) is 0.904. The van der Waals surface area contributed by atoms with E-state index < -0.39 is 0 Å². The Balaban J connectivity index is 2.99. The maximum atomic E-state index is 5.09. The molecule has 0 fully saturated rings. The molecule has 0 amide bonds. The predicted octanol–water partition coefficient (Wildman–Crippen LogP) is 2.33. The van der Waals surface area contributed by atoms with Crippen LogP contribution in [-0.2, 0) is 0 Å². The van der Waals surface area contributed by atoms with Gasteiger partial charge in [-0.1, -0.05) is 0 Å². The Morgan fingerprint density at radius 3 is 3.00 bits per heavy atom. The van der Waals surface area contributed by atoms with Gasteiger partial charge in [-0.25, -0.2) is 0 Å². The Labute approximate surface area is 52.1 Å². The van der Waals surface area contributed by atoms with Gasteiger partial charge in [0.25, 0.3) is 0 Å². The van der Waals surface area contributed by atoms with Crippen LogP contribution in [0, 0.1) is 6.92 Å². The average Bonchev–Trinajstić information content (AvgIpc) is 2.35. The van der Waals surface area contributed by atoms with Crippen molar-refractivity contribution in [1.29, 1.82) is 0 Å². The Hall–Kier alpha value is -1.18. The smallest absolute Gasteiger partial charge is 0.174 e. The minimum atomic E-state index is 0.843. The molecule has 0 radical (unpaired) electrons. The molecule has 0 atom stereocenters. The van der Waals surface area contributed by atoms with Crippen LogP contribution in [0.2, 0.25) is 0 Å². The fourth-order valence-corrected chi connectivity index (χ4v) is 0.904. The SMILES string of the molecule is Cc1occ2ccoc12. The second-order valence-corrected chi connectivity index (χ2v) is 2.00. The lowest BCUT2D eigenvalue weighted by molar-refractivity contribution is 0.519. The molecule has 2 nitrogen and oxygen atoms in total. The van der Waals surface area contributed by atoms with Gasteiger partial charge in [0.05, 0.1) is 11.6 Å². The Bertz CT molecular complexity index is 316. The van der Waals surface area contributed by atoms with Gasteiger partial charge in [0.2, 0.25) is 0 Å². The van der Waals surface area contributed by atoms with Crippen LogP contribution in [0.25, 0.3) is 11.0 Å². The van der Waals surface area contributed by atoms with Crippen molar-refractivity contribution in [3.63, 3.8) is 0 Å². The molecular formula is C7H6O2. The van der Waals surface area contributed by atoms with E-state index in [2.05, 4.69) is 0 Å². The monoisotopic (exact) mass is 122 g/mol. The summed E-state index contributed by atoms with van der Waals surface area (Å²) in [5, 5.41) is 1.03. The van der Waals surface area contributed by atoms with Gasteiger partial charge in [0.1, 0.15) is 12.0 Å². The Kier molecular flexibility index (Phi) is 0.730. The lowest BCUT2D eigenvalue weighted by Crippen LogP contribution is -1.55. The van der Waals surface area contributed by atoms with Crippen molar-refractivity contribution in [3.05, 3.63) is 24.4 Å². The molecule has 2 aromatic rings. The molecule has 0 aliphatic rings. The number of hydrogen-bond donors (Lipinski definition) is 0. The van der Waals surface area contributed by atoms with Crippen molar-refractivity contribution in [2.75, 3.05) is 0 Å². The van der Waals surface area contributed by atoms with Crippen LogP contribution in [0.4, 0.5) is 0 Å². The maximum Gasteiger partial charge on any atom is 0.174 e. The number of rotatable bonds is 0. The molecule has 2 aromatic heterocycles. The van der Waals surface area contributed by atoms with E-state index >= 15 is 0 Å². The fraction of sp³-hybridized carbons (Fsp3) is 0.143. The lowest BCUT2D eigenvalue weighted by atomic mass is 10.4. The van der Waals surface area contributed by atoms with Crippen molar-refractivity contribution in [1.82, 2.24) is 0 Å². The molecule has 0 unspecified atom stereocenters. The van der Waals surface area contributed by atoms with Crippen LogP contribution < -0.4 is 0 Å². The van der Waals surface area contributed by atoms with E-state index in [1.807, 2.05) is 13.0 Å². The second kappa shape index (κ2) is 1.41. The summed E-state index contributed by atoms with van der Waals surface area (Å²) in [6, 6.07) is 1.88. The molecule has 2 heteroatoms. The first kappa shape index (κ1) is 4.68. The van der Waals surface area contributed by atoms with Crippen LogP contribution in [0.15, 0.2) is 27.4 Å². The first-order chi connectivity index (χ1) is 4.38. The molecule has 0 aromatic carbocycles. The normalized spacial score (nSPS) is 10.8. The standard InChI is InChI=1S/C7H6O2/c1-5-7-6(4-9-5)2-3-8-7/h2-4H,1H3. The molecule has 0 saturated heterocycles. The van der Waals surface area contributed by atoms with Crippen molar-refractivity contribution in [3.8, 4) is 0 Å². The van der Waals surface area contributed by atoms with Gasteiger partial charge in [0, 0.05) is 0 Å². The molecular weight excluding hydrogens is 116 g/mol. The zero-order valence-electron chi connectivity index (χ0n) is 5.05. The van der Waals surface area contributed by atoms with Gasteiger partial charge in [-0.3, -0.25) is 0 Å². The van der Waals surface area contributed by atoms with Gasteiger partial charge in [-0.15, -0.1) is 0 Å². The predicted molar refractivity (Wildman–Crippen MR) is 33.2 cm³/mol. The molecule has 0 bridgehead atoms. The van der Waals surface area contributed by atoms with Crippen LogP contribution in [-0.4, -0.2) is 0 Å². The van der Waals surface area contributed by atoms with Crippen molar-refractivity contribution < 1.29 is 8.83 Å². The van der Waals surface area contributed by atoms with Crippen LogP contribution in [0.3, 0.4) is 0 Å². The van der Waals surface area contributed by atoms with Crippen LogP contribution in [0.5, 0.6) is 0 Å². The van der Waals surface area contributed by atoms with E-state index in [-0.39, 0.29) is 0 Å². The number of furan rings is 2. The summed E-state index contributed by atoms with van der Waals surface area (Å²) in [6.07, 6.45) is 3.35. The zero-order valence-corrected chi connectivity index (χ0v) is 5.05. The highest BCUT2D eigenvalue weighted by Gasteiger charge is 2.01. The van der Waals surface area contributed by atoms with E-state index in [1.165, 1.54) is 0 Å². The molecule has 2 heterocycles. The molecule has 0 aliphatic carbocycles. The first-order valence-electron chi connectivity index (χ1n) is 2.79. The van der Waals surface area contributed by atoms with Gasteiger partial charge in [-0.2, -0.15) is 0 Å². The van der Waals surface area contributed by atoms with E-state index in [4.69, 9.17) is 8.83 Å². The highest BCUT2D eigenvalue weighted by Crippen LogP contribution is 2.20. The highest BCUT2D eigenvalue weighted by atomic mass is 16.4. The molecule has 0 saturated carbocycles. The molecule has 0 spiro atoms. The second-order valence-electron chi connectivity index (χ2n) is 2.00. The summed E-state index contributed by atoms with van der Waals surface area (Å²) in [5.41, 5.74) is 0.856. The van der Waals surface area contributed by atoms with Crippen LogP contribution in [0.1, 0.15) is 5.76 Å². The first-order valence-corrected chi connectivity index (χ1v) is 2.79. The number of fused-ring (bicyclic) bond motifs is 1. The van der Waals surface area contributed by atoms with Gasteiger partial charge in [-0.05, 0) is 13.0 Å². The minimum absolute atomic E-state index is 0.843. The third-order valence-corrected chi connectivity index (χ3v) is 1.38. The average molecular weight is 122 g/mol. The summed E-state index contributed by atoms with van der Waals surface area (Å²) >= 11 is 0. The summed E-state index contributed by atoms with van der Waals surface area (Å²) in [4.78, 5) is 0. The van der Waals surface area contributed by atoms with E-state index in [0.717, 1.165) is 16.7 Å². The highest BCUT2D eigenvalue weighted by molar-refractivity contribution is 5.77. The lowest BCUT2D eigenvalue weighted by Gasteiger charge is -1.76. The van der Waals surface area contributed by atoms with Gasteiger partial charge >= 0.3 is 0 Å². The van der Waals surface area contributed by atoms with Crippen LogP contribution >= 0.6 is 0 Å². The quantitative estimate of drug-likeness (QED) is 0.536. The Morgan fingerprint density at radius 1 is 1.33 bits per heavy atom. The van der Waals surface area contributed by atoms with E-state index in [0.29, 0.717) is 0 Å². The number of aryl methyl sites for hydroxylation is 1. The van der Waals surface area contributed by atoms with Crippen molar-refractivity contribution in [2.45, 2.75) is 6.92 Å². The summed E-state index contributed by atoms with van der Waals surface area (Å²) in [6.45, 7) is 1.88. The van der Waals surface area contributed by atoms with Gasteiger partial charge in [0.15, 0.2) is 5.58 Å². The summed E-state index contributed by atoms with van der Waals surface area (Å²) < 4.78 is 10.2. The van der Waals surface area contributed by atoms with Gasteiger partial charge < -0.3 is 8.83 Å². The molecule has 0 N–H and O–H groups in total.